The van der Waals surface area contributed by atoms with Gasteiger partial charge in [0.2, 0.25) is 0 Å². The van der Waals surface area contributed by atoms with Crippen molar-refractivity contribution in [2.24, 2.45) is 0 Å². The largest absolute Gasteiger partial charge is 0.460 e. The lowest BCUT2D eigenvalue weighted by atomic mass is 9.92. The van der Waals surface area contributed by atoms with E-state index in [2.05, 4.69) is 12.1 Å². The number of hydrogen-bond acceptors (Lipinski definition) is 3. The van der Waals surface area contributed by atoms with Crippen molar-refractivity contribution in [1.29, 1.82) is 0 Å². The molecular formula is C28H27ClO3. The van der Waals surface area contributed by atoms with Crippen LogP contribution in [0.4, 0.5) is 0 Å². The summed E-state index contributed by atoms with van der Waals surface area (Å²) in [6.45, 7) is 7.44. The van der Waals surface area contributed by atoms with E-state index in [-0.39, 0.29) is 23.6 Å². The first-order valence-corrected chi connectivity index (χ1v) is 11.3. The van der Waals surface area contributed by atoms with Crippen LogP contribution >= 0.6 is 11.6 Å². The smallest absolute Gasteiger partial charge is 0.313 e. The second-order valence-electron chi connectivity index (χ2n) is 9.42. The highest BCUT2D eigenvalue weighted by atomic mass is 35.5. The molecule has 3 nitrogen and oxygen atoms in total. The Morgan fingerprint density at radius 3 is 2.22 bits per heavy atom. The molecule has 4 rings (SSSR count). The molecule has 0 bridgehead atoms. The fraction of sp³-hybridized carbons (Fsp3) is 0.286. The Morgan fingerprint density at radius 1 is 0.969 bits per heavy atom. The Morgan fingerprint density at radius 2 is 1.59 bits per heavy atom. The number of rotatable bonds is 4. The maximum atomic E-state index is 13.2. The van der Waals surface area contributed by atoms with E-state index >= 15 is 0 Å². The van der Waals surface area contributed by atoms with Crippen LogP contribution in [0.5, 0.6) is 0 Å². The highest BCUT2D eigenvalue weighted by Crippen LogP contribution is 2.37. The van der Waals surface area contributed by atoms with Gasteiger partial charge in [0.1, 0.15) is 5.60 Å². The summed E-state index contributed by atoms with van der Waals surface area (Å²) in [5.41, 5.74) is 5.25. The van der Waals surface area contributed by atoms with Gasteiger partial charge in [-0.3, -0.25) is 9.59 Å². The summed E-state index contributed by atoms with van der Waals surface area (Å²) in [7, 11) is 0. The summed E-state index contributed by atoms with van der Waals surface area (Å²) in [5, 5.41) is 0.690. The summed E-state index contributed by atoms with van der Waals surface area (Å²) in [6.07, 6.45) is 0.691. The lowest BCUT2D eigenvalue weighted by Gasteiger charge is -2.22. The first kappa shape index (κ1) is 22.3. The Bertz CT molecular complexity index is 1150. The quantitative estimate of drug-likeness (QED) is 0.406. The third kappa shape index (κ3) is 4.63. The van der Waals surface area contributed by atoms with Crippen LogP contribution in [0.2, 0.25) is 5.02 Å². The molecule has 0 amide bonds. The lowest BCUT2D eigenvalue weighted by molar-refractivity contribution is -0.156. The van der Waals surface area contributed by atoms with Crippen LogP contribution < -0.4 is 0 Å². The molecule has 3 aromatic carbocycles. The molecule has 0 spiro atoms. The summed E-state index contributed by atoms with van der Waals surface area (Å²) < 4.78 is 5.50. The zero-order valence-corrected chi connectivity index (χ0v) is 19.6. The number of benzene rings is 3. The van der Waals surface area contributed by atoms with E-state index in [1.54, 1.807) is 0 Å². The predicted molar refractivity (Wildman–Crippen MR) is 128 cm³/mol. The molecule has 2 atom stereocenters. The van der Waals surface area contributed by atoms with Crippen LogP contribution in [0.25, 0.3) is 11.1 Å². The Labute approximate surface area is 194 Å². The number of esters is 1. The highest BCUT2D eigenvalue weighted by Gasteiger charge is 2.32. The summed E-state index contributed by atoms with van der Waals surface area (Å²) in [5.74, 6) is -0.661. The molecule has 2 unspecified atom stereocenters. The van der Waals surface area contributed by atoms with Crippen LogP contribution in [0.3, 0.4) is 0 Å². The van der Waals surface area contributed by atoms with Gasteiger partial charge in [0, 0.05) is 10.6 Å². The molecule has 1 aliphatic carbocycles. The van der Waals surface area contributed by atoms with Gasteiger partial charge in [0.05, 0.1) is 11.8 Å². The number of carbonyl (C=O) groups excluding carboxylic acids is 2. The van der Waals surface area contributed by atoms with Crippen molar-refractivity contribution in [3.8, 4) is 11.1 Å². The Kier molecular flexibility index (Phi) is 5.96. The average molecular weight is 447 g/mol. The number of ether oxygens (including phenoxy) is 1. The van der Waals surface area contributed by atoms with E-state index in [1.165, 1.54) is 0 Å². The van der Waals surface area contributed by atoms with E-state index in [0.29, 0.717) is 11.4 Å². The maximum Gasteiger partial charge on any atom is 0.313 e. The molecule has 0 radical (unpaired) electrons. The van der Waals surface area contributed by atoms with Gasteiger partial charge >= 0.3 is 5.97 Å². The van der Waals surface area contributed by atoms with Crippen molar-refractivity contribution in [2.45, 2.75) is 51.6 Å². The van der Waals surface area contributed by atoms with E-state index in [1.807, 2.05) is 82.3 Å². The van der Waals surface area contributed by atoms with Gasteiger partial charge in [0.25, 0.3) is 0 Å². The van der Waals surface area contributed by atoms with Gasteiger partial charge in [-0.1, -0.05) is 60.1 Å². The standard InChI is InChI=1S/C28H27ClO3/c1-17(27(31)32-28(2,3)4)18-5-7-20(8-6-18)24-16-22-10-9-21(15-25(22)26(24)30)19-11-13-23(29)14-12-19/h5-15,17,24H,16H2,1-4H3. The van der Waals surface area contributed by atoms with Crippen molar-refractivity contribution >= 4 is 23.4 Å². The molecule has 0 saturated heterocycles. The summed E-state index contributed by atoms with van der Waals surface area (Å²) in [4.78, 5) is 25.6. The summed E-state index contributed by atoms with van der Waals surface area (Å²) in [6, 6.07) is 21.5. The molecule has 0 heterocycles. The molecule has 4 heteroatoms. The van der Waals surface area contributed by atoms with Crippen molar-refractivity contribution in [3.05, 3.63) is 94.0 Å². The fourth-order valence-corrected chi connectivity index (χ4v) is 4.24. The first-order chi connectivity index (χ1) is 15.1. The Balaban J connectivity index is 1.52. The number of fused-ring (bicyclic) bond motifs is 1. The molecule has 32 heavy (non-hydrogen) atoms. The Hall–Kier alpha value is -2.91. The number of ketones is 1. The minimum Gasteiger partial charge on any atom is -0.460 e. The molecule has 1 aliphatic rings. The molecule has 0 aromatic heterocycles. The second kappa shape index (κ2) is 8.55. The van der Waals surface area contributed by atoms with E-state index < -0.39 is 5.60 Å². The first-order valence-electron chi connectivity index (χ1n) is 10.9. The normalized spacial score (nSPS) is 16.5. The SMILES string of the molecule is CC(C(=O)OC(C)(C)C)c1ccc(C2Cc3ccc(-c4ccc(Cl)cc4)cc3C2=O)cc1. The monoisotopic (exact) mass is 446 g/mol. The molecule has 164 valence electrons. The van der Waals surface area contributed by atoms with Crippen molar-refractivity contribution in [1.82, 2.24) is 0 Å². The van der Waals surface area contributed by atoms with Gasteiger partial charge < -0.3 is 4.74 Å². The lowest BCUT2D eigenvalue weighted by Crippen LogP contribution is -2.26. The van der Waals surface area contributed by atoms with Crippen LogP contribution in [0.1, 0.15) is 66.6 Å². The summed E-state index contributed by atoms with van der Waals surface area (Å²) >= 11 is 6.00. The third-order valence-electron chi connectivity index (χ3n) is 5.89. The van der Waals surface area contributed by atoms with Gasteiger partial charge in [-0.2, -0.15) is 0 Å². The van der Waals surface area contributed by atoms with Gasteiger partial charge in [0.15, 0.2) is 5.78 Å². The third-order valence-corrected chi connectivity index (χ3v) is 6.14. The second-order valence-corrected chi connectivity index (χ2v) is 9.86. The van der Waals surface area contributed by atoms with Crippen LogP contribution in [-0.2, 0) is 16.0 Å². The fourth-order valence-electron chi connectivity index (χ4n) is 4.12. The highest BCUT2D eigenvalue weighted by molar-refractivity contribution is 6.30. The number of carbonyl (C=O) groups is 2. The van der Waals surface area contributed by atoms with Crippen molar-refractivity contribution < 1.29 is 14.3 Å². The van der Waals surface area contributed by atoms with Crippen molar-refractivity contribution in [2.75, 3.05) is 0 Å². The zero-order valence-electron chi connectivity index (χ0n) is 18.8. The van der Waals surface area contributed by atoms with E-state index in [0.717, 1.165) is 33.4 Å². The predicted octanol–water partition coefficient (Wildman–Crippen LogP) is 6.97. The molecule has 0 N–H and O–H groups in total. The molecule has 3 aromatic rings. The van der Waals surface area contributed by atoms with Gasteiger partial charge in [-0.15, -0.1) is 0 Å². The molecule has 0 saturated carbocycles. The molecule has 0 aliphatic heterocycles. The van der Waals surface area contributed by atoms with E-state index in [9.17, 15) is 9.59 Å². The minimum absolute atomic E-state index is 0.142. The number of Topliss-reactive ketones (excluding diaryl/α,β-unsaturated/α-hetero) is 1. The topological polar surface area (TPSA) is 43.4 Å². The van der Waals surface area contributed by atoms with Crippen molar-refractivity contribution in [3.63, 3.8) is 0 Å². The zero-order chi connectivity index (χ0) is 23.0. The average Bonchev–Trinajstić information content (AvgIpc) is 3.08. The minimum atomic E-state index is -0.516. The van der Waals surface area contributed by atoms with Crippen LogP contribution in [-0.4, -0.2) is 17.4 Å². The van der Waals surface area contributed by atoms with Gasteiger partial charge in [-0.05, 0) is 80.1 Å². The molecular weight excluding hydrogens is 420 g/mol. The van der Waals surface area contributed by atoms with E-state index in [4.69, 9.17) is 16.3 Å². The van der Waals surface area contributed by atoms with Crippen LogP contribution in [0, 0.1) is 0 Å². The number of halogens is 1. The molecule has 0 fully saturated rings. The van der Waals surface area contributed by atoms with Crippen LogP contribution in [0.15, 0.2) is 66.7 Å². The van der Waals surface area contributed by atoms with Gasteiger partial charge in [-0.25, -0.2) is 0 Å². The maximum absolute atomic E-state index is 13.2. The number of hydrogen-bond donors (Lipinski definition) is 0.